The van der Waals surface area contributed by atoms with Crippen LogP contribution in [0.25, 0.3) is 0 Å². The van der Waals surface area contributed by atoms with Crippen molar-refractivity contribution in [3.05, 3.63) is 40.6 Å². The maximum atomic E-state index is 13.1. The van der Waals surface area contributed by atoms with Gasteiger partial charge in [-0.3, -0.25) is 9.78 Å². The van der Waals surface area contributed by atoms with Gasteiger partial charge in [0.15, 0.2) is 5.66 Å². The minimum Gasteiger partial charge on any atom is -0.495 e. The number of hydrogen-bond donors (Lipinski definition) is 3. The van der Waals surface area contributed by atoms with E-state index in [-0.39, 0.29) is 21.9 Å². The Hall–Kier alpha value is -2.18. The number of aromatic nitrogens is 1. The number of nitrogens with zero attached hydrogens (tertiary/aromatic N) is 1. The summed E-state index contributed by atoms with van der Waals surface area (Å²) in [4.78, 5) is 17.0. The summed E-state index contributed by atoms with van der Waals surface area (Å²) in [5.74, 6) is 0.250. The lowest BCUT2D eigenvalue weighted by atomic mass is 9.95. The van der Waals surface area contributed by atoms with Crippen molar-refractivity contribution in [3.8, 4) is 5.75 Å². The zero-order valence-corrected chi connectivity index (χ0v) is 15.5. The molecule has 3 rings (SSSR count). The van der Waals surface area contributed by atoms with Crippen LogP contribution < -0.4 is 20.7 Å². The zero-order chi connectivity index (χ0) is 18.2. The van der Waals surface area contributed by atoms with E-state index in [1.54, 1.807) is 7.11 Å². The van der Waals surface area contributed by atoms with Crippen LogP contribution in [0.3, 0.4) is 0 Å². The largest absolute Gasteiger partial charge is 0.495 e. The van der Waals surface area contributed by atoms with Crippen molar-refractivity contribution in [1.29, 1.82) is 0 Å². The molecule has 3 N–H and O–H groups in total. The SMILES string of the molecule is COc1cccc2c1NC(C(=O)Nc1c(Cl)cncc1Cl)(C(C)C)N2. The van der Waals surface area contributed by atoms with Crippen LogP contribution in [0.15, 0.2) is 30.6 Å². The summed E-state index contributed by atoms with van der Waals surface area (Å²) in [5.41, 5.74) is 0.776. The summed E-state index contributed by atoms with van der Waals surface area (Å²) in [5, 5.41) is 9.90. The number of carbonyl (C=O) groups excluding carboxylic acids is 1. The van der Waals surface area contributed by atoms with Crippen LogP contribution in [-0.4, -0.2) is 23.7 Å². The number of nitrogens with one attached hydrogen (secondary N) is 3. The fourth-order valence-corrected chi connectivity index (χ4v) is 3.24. The number of anilines is 3. The van der Waals surface area contributed by atoms with Gasteiger partial charge >= 0.3 is 0 Å². The Kier molecular flexibility index (Phi) is 4.67. The number of ether oxygens (including phenoxy) is 1. The topological polar surface area (TPSA) is 75.3 Å². The van der Waals surface area contributed by atoms with Gasteiger partial charge in [0.1, 0.15) is 11.4 Å². The van der Waals surface area contributed by atoms with E-state index >= 15 is 0 Å². The van der Waals surface area contributed by atoms with E-state index in [1.165, 1.54) is 12.4 Å². The third-order valence-corrected chi connectivity index (χ3v) is 4.79. The van der Waals surface area contributed by atoms with Crippen molar-refractivity contribution >= 4 is 46.2 Å². The molecule has 1 unspecified atom stereocenters. The quantitative estimate of drug-likeness (QED) is 0.739. The summed E-state index contributed by atoms with van der Waals surface area (Å²) in [6.07, 6.45) is 2.86. The Morgan fingerprint density at radius 2 is 1.92 bits per heavy atom. The molecule has 0 spiro atoms. The third kappa shape index (κ3) is 2.96. The van der Waals surface area contributed by atoms with Crippen LogP contribution in [0.5, 0.6) is 5.75 Å². The number of halogens is 2. The Balaban J connectivity index is 1.96. The van der Waals surface area contributed by atoms with Gasteiger partial charge in [0.2, 0.25) is 0 Å². The number of benzene rings is 1. The molecule has 0 saturated carbocycles. The van der Waals surface area contributed by atoms with E-state index < -0.39 is 5.66 Å². The molecule has 0 aliphatic carbocycles. The van der Waals surface area contributed by atoms with Crippen molar-refractivity contribution in [2.24, 2.45) is 5.92 Å². The van der Waals surface area contributed by atoms with Crippen LogP contribution in [0.1, 0.15) is 13.8 Å². The molecule has 0 radical (unpaired) electrons. The summed E-state index contributed by atoms with van der Waals surface area (Å²) in [7, 11) is 1.59. The maximum Gasteiger partial charge on any atom is 0.271 e. The molecule has 0 fully saturated rings. The lowest BCUT2D eigenvalue weighted by Gasteiger charge is -2.33. The number of hydrogen-bond acceptors (Lipinski definition) is 5. The highest BCUT2D eigenvalue weighted by Gasteiger charge is 2.47. The first-order valence-electron chi connectivity index (χ1n) is 7.73. The minimum absolute atomic E-state index is 0.0935. The molecule has 2 heterocycles. The molecule has 0 saturated heterocycles. The van der Waals surface area contributed by atoms with Crippen molar-refractivity contribution in [2.45, 2.75) is 19.5 Å². The Morgan fingerprint density at radius 3 is 2.52 bits per heavy atom. The van der Waals surface area contributed by atoms with Gasteiger partial charge in [0.25, 0.3) is 5.91 Å². The molecule has 132 valence electrons. The normalized spacial score (nSPS) is 18.3. The molecule has 1 amide bonds. The standard InChI is InChI=1S/C17H18Cl2N4O2/c1-9(2)17(16(24)21-14-10(18)7-20-8-11(14)19)22-12-5-4-6-13(25-3)15(12)23-17/h4-9,22-23H,1-3H3,(H,20,21,24). The minimum atomic E-state index is -1.08. The number of para-hydroxylation sites is 1. The van der Waals surface area contributed by atoms with Crippen LogP contribution in [0.2, 0.25) is 10.0 Å². The number of carbonyl (C=O) groups is 1. The molecule has 6 nitrogen and oxygen atoms in total. The molecule has 25 heavy (non-hydrogen) atoms. The Labute approximate surface area is 155 Å². The number of pyridine rings is 1. The summed E-state index contributed by atoms with van der Waals surface area (Å²) < 4.78 is 5.38. The fourth-order valence-electron chi connectivity index (χ4n) is 2.78. The lowest BCUT2D eigenvalue weighted by molar-refractivity contribution is -0.120. The summed E-state index contributed by atoms with van der Waals surface area (Å²) >= 11 is 12.2. The molecule has 8 heteroatoms. The van der Waals surface area contributed by atoms with E-state index in [0.717, 1.165) is 11.4 Å². The molecular formula is C17H18Cl2N4O2. The number of methoxy groups -OCH3 is 1. The van der Waals surface area contributed by atoms with Crippen LogP contribution in [0, 0.1) is 5.92 Å². The second kappa shape index (κ2) is 6.61. The predicted octanol–water partition coefficient (Wildman–Crippen LogP) is 4.23. The van der Waals surface area contributed by atoms with E-state index in [1.807, 2.05) is 32.0 Å². The monoisotopic (exact) mass is 380 g/mol. The van der Waals surface area contributed by atoms with Crippen molar-refractivity contribution < 1.29 is 9.53 Å². The van der Waals surface area contributed by atoms with Gasteiger partial charge in [0.05, 0.1) is 28.5 Å². The summed E-state index contributed by atoms with van der Waals surface area (Å²) in [6.45, 7) is 3.88. The van der Waals surface area contributed by atoms with Gasteiger partial charge in [-0.15, -0.1) is 0 Å². The van der Waals surface area contributed by atoms with Crippen LogP contribution in [-0.2, 0) is 4.79 Å². The number of rotatable bonds is 4. The van der Waals surface area contributed by atoms with Crippen molar-refractivity contribution in [1.82, 2.24) is 4.98 Å². The predicted molar refractivity (Wildman–Crippen MR) is 101 cm³/mol. The molecule has 1 aliphatic rings. The first kappa shape index (κ1) is 17.6. The van der Waals surface area contributed by atoms with Crippen LogP contribution >= 0.6 is 23.2 Å². The highest BCUT2D eigenvalue weighted by molar-refractivity contribution is 6.39. The average molecular weight is 381 g/mol. The zero-order valence-electron chi connectivity index (χ0n) is 14.0. The Bertz CT molecular complexity index is 808. The number of amides is 1. The molecule has 1 aliphatic heterocycles. The highest BCUT2D eigenvalue weighted by Crippen LogP contribution is 2.44. The van der Waals surface area contributed by atoms with Crippen molar-refractivity contribution in [2.75, 3.05) is 23.1 Å². The molecule has 1 atom stereocenters. The van der Waals surface area contributed by atoms with Gasteiger partial charge < -0.3 is 20.7 Å². The van der Waals surface area contributed by atoms with Gasteiger partial charge in [0, 0.05) is 18.3 Å². The highest BCUT2D eigenvalue weighted by atomic mass is 35.5. The second-order valence-electron chi connectivity index (χ2n) is 6.03. The molecule has 1 aromatic heterocycles. The van der Waals surface area contributed by atoms with E-state index in [0.29, 0.717) is 11.4 Å². The van der Waals surface area contributed by atoms with Gasteiger partial charge in [-0.1, -0.05) is 43.1 Å². The van der Waals surface area contributed by atoms with E-state index in [9.17, 15) is 4.79 Å². The fraction of sp³-hybridized carbons (Fsp3) is 0.294. The molecular weight excluding hydrogens is 363 g/mol. The van der Waals surface area contributed by atoms with Crippen LogP contribution in [0.4, 0.5) is 17.1 Å². The number of fused-ring (bicyclic) bond motifs is 1. The lowest BCUT2D eigenvalue weighted by Crippen LogP contribution is -2.56. The third-order valence-electron chi connectivity index (χ3n) is 4.22. The van der Waals surface area contributed by atoms with Gasteiger partial charge in [-0.2, -0.15) is 0 Å². The first-order chi connectivity index (χ1) is 11.9. The van der Waals surface area contributed by atoms with Crippen molar-refractivity contribution in [3.63, 3.8) is 0 Å². The average Bonchev–Trinajstić information content (AvgIpc) is 2.99. The second-order valence-corrected chi connectivity index (χ2v) is 6.84. The first-order valence-corrected chi connectivity index (χ1v) is 8.48. The van der Waals surface area contributed by atoms with E-state index in [2.05, 4.69) is 20.9 Å². The van der Waals surface area contributed by atoms with E-state index in [4.69, 9.17) is 27.9 Å². The molecule has 1 aromatic carbocycles. The van der Waals surface area contributed by atoms with Gasteiger partial charge in [-0.05, 0) is 12.1 Å². The summed E-state index contributed by atoms with van der Waals surface area (Å²) in [6, 6.07) is 5.57. The Morgan fingerprint density at radius 1 is 1.24 bits per heavy atom. The molecule has 0 bridgehead atoms. The van der Waals surface area contributed by atoms with Gasteiger partial charge in [-0.25, -0.2) is 0 Å². The maximum absolute atomic E-state index is 13.1. The smallest absolute Gasteiger partial charge is 0.271 e. The molecule has 2 aromatic rings.